The van der Waals surface area contributed by atoms with Gasteiger partial charge in [0.1, 0.15) is 23.1 Å². The summed E-state index contributed by atoms with van der Waals surface area (Å²) in [6, 6.07) is 11.9. The second-order valence-corrected chi connectivity index (χ2v) is 6.53. The van der Waals surface area contributed by atoms with Crippen molar-refractivity contribution < 1.29 is 9.47 Å². The van der Waals surface area contributed by atoms with Crippen molar-refractivity contribution >= 4 is 5.82 Å². The van der Waals surface area contributed by atoms with E-state index in [1.165, 1.54) is 0 Å². The molecule has 6 nitrogen and oxygen atoms in total. The molecule has 0 N–H and O–H groups in total. The average molecular weight is 362 g/mol. The first-order chi connectivity index (χ1) is 13.2. The molecule has 0 saturated carbocycles. The summed E-state index contributed by atoms with van der Waals surface area (Å²) in [7, 11) is 0. The van der Waals surface area contributed by atoms with Crippen LogP contribution in [0.15, 0.2) is 48.8 Å². The van der Waals surface area contributed by atoms with Gasteiger partial charge < -0.3 is 14.4 Å². The van der Waals surface area contributed by atoms with E-state index >= 15 is 0 Å². The summed E-state index contributed by atoms with van der Waals surface area (Å²) < 4.78 is 11.7. The topological polar surface area (TPSA) is 60.4 Å². The van der Waals surface area contributed by atoms with Gasteiger partial charge in [-0.05, 0) is 25.5 Å². The number of rotatable bonds is 4. The fourth-order valence-corrected chi connectivity index (χ4v) is 2.98. The number of hydrogen-bond acceptors (Lipinski definition) is 6. The number of benzene rings is 1. The minimum absolute atomic E-state index is 0.702. The Kier molecular flexibility index (Phi) is 4.98. The first-order valence-electron chi connectivity index (χ1n) is 9.06. The fraction of sp³-hybridized carbons (Fsp3) is 0.286. The highest BCUT2D eigenvalue weighted by Crippen LogP contribution is 2.31. The molecule has 138 valence electrons. The summed E-state index contributed by atoms with van der Waals surface area (Å²) in [6.45, 7) is 6.93. The van der Waals surface area contributed by atoms with Crippen LogP contribution < -0.4 is 9.64 Å². The lowest BCUT2D eigenvalue weighted by Crippen LogP contribution is -2.36. The molecule has 6 heteroatoms. The van der Waals surface area contributed by atoms with Crippen LogP contribution in [0.3, 0.4) is 0 Å². The van der Waals surface area contributed by atoms with Crippen molar-refractivity contribution in [3.63, 3.8) is 0 Å². The molecule has 0 radical (unpaired) electrons. The molecular formula is C21H22N4O2. The van der Waals surface area contributed by atoms with Crippen LogP contribution in [0.4, 0.5) is 5.82 Å². The largest absolute Gasteiger partial charge is 0.457 e. The van der Waals surface area contributed by atoms with Gasteiger partial charge in [-0.1, -0.05) is 18.2 Å². The Bertz CT molecular complexity index is 922. The van der Waals surface area contributed by atoms with E-state index < -0.39 is 0 Å². The monoisotopic (exact) mass is 362 g/mol. The molecule has 0 bridgehead atoms. The Morgan fingerprint density at radius 3 is 2.48 bits per heavy atom. The third-order valence-electron chi connectivity index (χ3n) is 4.52. The zero-order chi connectivity index (χ0) is 18.6. The molecule has 3 heterocycles. The van der Waals surface area contributed by atoms with E-state index in [4.69, 9.17) is 14.5 Å². The maximum atomic E-state index is 6.19. The highest BCUT2D eigenvalue weighted by atomic mass is 16.5. The highest BCUT2D eigenvalue weighted by molar-refractivity contribution is 5.63. The number of aryl methyl sites for hydroxylation is 2. The van der Waals surface area contributed by atoms with Crippen molar-refractivity contribution in [1.29, 1.82) is 0 Å². The van der Waals surface area contributed by atoms with Crippen molar-refractivity contribution in [2.45, 2.75) is 13.8 Å². The zero-order valence-corrected chi connectivity index (χ0v) is 15.6. The van der Waals surface area contributed by atoms with Gasteiger partial charge in [0, 0.05) is 43.2 Å². The molecule has 0 spiro atoms. The number of aromatic nitrogens is 3. The summed E-state index contributed by atoms with van der Waals surface area (Å²) in [5.41, 5.74) is 2.75. The molecule has 1 aliphatic rings. The van der Waals surface area contributed by atoms with Crippen LogP contribution in [0.5, 0.6) is 11.5 Å². The lowest BCUT2D eigenvalue weighted by atomic mass is 10.2. The van der Waals surface area contributed by atoms with Crippen molar-refractivity contribution in [2.75, 3.05) is 31.2 Å². The summed E-state index contributed by atoms with van der Waals surface area (Å²) in [6.07, 6.45) is 3.59. The number of anilines is 1. The Balaban J connectivity index is 1.73. The predicted molar refractivity (Wildman–Crippen MR) is 104 cm³/mol. The van der Waals surface area contributed by atoms with E-state index in [1.54, 1.807) is 12.4 Å². The third-order valence-corrected chi connectivity index (χ3v) is 4.52. The SMILES string of the molecule is Cc1ncc(-c2cc(Oc3ccccc3C)cc(N3CCOCC3)n2)cn1. The number of nitrogens with zero attached hydrogens (tertiary/aromatic N) is 4. The summed E-state index contributed by atoms with van der Waals surface area (Å²) in [5, 5.41) is 0. The molecule has 3 aromatic rings. The molecule has 0 atom stereocenters. The van der Waals surface area contributed by atoms with Crippen molar-refractivity contribution in [3.8, 4) is 22.8 Å². The van der Waals surface area contributed by atoms with E-state index in [-0.39, 0.29) is 0 Å². The highest BCUT2D eigenvalue weighted by Gasteiger charge is 2.16. The molecule has 1 saturated heterocycles. The number of pyridine rings is 1. The van der Waals surface area contributed by atoms with Gasteiger partial charge in [0.15, 0.2) is 0 Å². The fourth-order valence-electron chi connectivity index (χ4n) is 2.98. The average Bonchev–Trinajstić information content (AvgIpc) is 2.71. The Hall–Kier alpha value is -2.99. The summed E-state index contributed by atoms with van der Waals surface area (Å²) >= 11 is 0. The van der Waals surface area contributed by atoms with Crippen LogP contribution in [-0.4, -0.2) is 41.3 Å². The second-order valence-electron chi connectivity index (χ2n) is 6.53. The lowest BCUT2D eigenvalue weighted by molar-refractivity contribution is 0.122. The van der Waals surface area contributed by atoms with Gasteiger partial charge in [-0.2, -0.15) is 0 Å². The normalized spacial score (nSPS) is 14.2. The van der Waals surface area contributed by atoms with Gasteiger partial charge in [-0.3, -0.25) is 0 Å². The predicted octanol–water partition coefficient (Wildman–Crippen LogP) is 3.78. The lowest BCUT2D eigenvalue weighted by Gasteiger charge is -2.28. The Morgan fingerprint density at radius 2 is 1.74 bits per heavy atom. The molecule has 1 aromatic carbocycles. The van der Waals surface area contributed by atoms with Crippen molar-refractivity contribution in [3.05, 3.63) is 60.2 Å². The molecular weight excluding hydrogens is 340 g/mol. The molecule has 0 aliphatic carbocycles. The molecule has 2 aromatic heterocycles. The minimum Gasteiger partial charge on any atom is -0.457 e. The van der Waals surface area contributed by atoms with Crippen molar-refractivity contribution in [2.24, 2.45) is 0 Å². The van der Waals surface area contributed by atoms with Crippen LogP contribution in [-0.2, 0) is 4.74 Å². The third kappa shape index (κ3) is 4.06. The summed E-state index contributed by atoms with van der Waals surface area (Å²) in [4.78, 5) is 15.6. The van der Waals surface area contributed by atoms with Crippen LogP contribution in [0.2, 0.25) is 0 Å². The maximum absolute atomic E-state index is 6.19. The standard InChI is InChI=1S/C21H22N4O2/c1-15-5-3-4-6-20(15)27-18-11-19(17-13-22-16(2)23-14-17)24-21(12-18)25-7-9-26-10-8-25/h3-6,11-14H,7-10H2,1-2H3. The van der Waals surface area contributed by atoms with E-state index in [0.29, 0.717) is 13.2 Å². The molecule has 0 amide bonds. The Labute approximate surface area is 158 Å². The second kappa shape index (κ2) is 7.72. The van der Waals surface area contributed by atoms with Gasteiger partial charge >= 0.3 is 0 Å². The first kappa shape index (κ1) is 17.4. The van der Waals surface area contributed by atoms with Gasteiger partial charge in [0.25, 0.3) is 0 Å². The number of para-hydroxylation sites is 1. The maximum Gasteiger partial charge on any atom is 0.133 e. The van der Waals surface area contributed by atoms with E-state index in [1.807, 2.05) is 50.2 Å². The van der Waals surface area contributed by atoms with Gasteiger partial charge in [-0.25, -0.2) is 15.0 Å². The molecule has 1 aliphatic heterocycles. The molecule has 0 unspecified atom stereocenters. The minimum atomic E-state index is 0.702. The van der Waals surface area contributed by atoms with Crippen LogP contribution in [0, 0.1) is 13.8 Å². The summed E-state index contributed by atoms with van der Waals surface area (Å²) in [5.74, 6) is 3.19. The van der Waals surface area contributed by atoms with Crippen LogP contribution in [0.25, 0.3) is 11.3 Å². The number of morpholine rings is 1. The van der Waals surface area contributed by atoms with E-state index in [2.05, 4.69) is 14.9 Å². The van der Waals surface area contributed by atoms with Gasteiger partial charge in [-0.15, -0.1) is 0 Å². The molecule has 27 heavy (non-hydrogen) atoms. The Morgan fingerprint density at radius 1 is 1.00 bits per heavy atom. The quantitative estimate of drug-likeness (QED) is 0.704. The van der Waals surface area contributed by atoms with E-state index in [0.717, 1.165) is 53.1 Å². The molecule has 4 rings (SSSR count). The van der Waals surface area contributed by atoms with Crippen LogP contribution in [0.1, 0.15) is 11.4 Å². The van der Waals surface area contributed by atoms with Gasteiger partial charge in [0.2, 0.25) is 0 Å². The molecule has 1 fully saturated rings. The van der Waals surface area contributed by atoms with Crippen molar-refractivity contribution in [1.82, 2.24) is 15.0 Å². The number of ether oxygens (including phenoxy) is 2. The van der Waals surface area contributed by atoms with E-state index in [9.17, 15) is 0 Å². The first-order valence-corrected chi connectivity index (χ1v) is 9.06. The van der Waals surface area contributed by atoms with Crippen LogP contribution >= 0.6 is 0 Å². The zero-order valence-electron chi connectivity index (χ0n) is 15.6. The van der Waals surface area contributed by atoms with Gasteiger partial charge in [0.05, 0.1) is 18.9 Å². The smallest absolute Gasteiger partial charge is 0.133 e. The number of hydrogen-bond donors (Lipinski definition) is 0.